The van der Waals surface area contributed by atoms with Gasteiger partial charge in [0.15, 0.2) is 5.82 Å². The van der Waals surface area contributed by atoms with Gasteiger partial charge in [-0.1, -0.05) is 158 Å². The molecule has 7 aromatic carbocycles. The smallest absolute Gasteiger partial charge is 0.161 e. The Labute approximate surface area is 280 Å². The van der Waals surface area contributed by atoms with E-state index in [0.717, 1.165) is 46.5 Å². The fourth-order valence-electron chi connectivity index (χ4n) is 7.25. The fourth-order valence-corrected chi connectivity index (χ4v) is 7.25. The van der Waals surface area contributed by atoms with Crippen LogP contribution in [0.15, 0.2) is 170 Å². The molecular weight excluding hydrogens is 581 g/mol. The molecular formula is C46H32N2. The van der Waals surface area contributed by atoms with E-state index in [-0.39, 0.29) is 0 Å². The highest BCUT2D eigenvalue weighted by Crippen LogP contribution is 2.42. The Morgan fingerprint density at radius 2 is 0.938 bits per heavy atom. The summed E-state index contributed by atoms with van der Waals surface area (Å²) in [5.74, 6) is 0.714. The number of aromatic nitrogens is 2. The average molecular weight is 613 g/mol. The lowest BCUT2D eigenvalue weighted by Crippen LogP contribution is -1.98. The van der Waals surface area contributed by atoms with Gasteiger partial charge in [-0.25, -0.2) is 9.97 Å². The molecule has 0 spiro atoms. The molecule has 0 N–H and O–H groups in total. The molecule has 1 aliphatic rings. The lowest BCUT2D eigenvalue weighted by molar-refractivity contribution is 1.04. The fraction of sp³-hybridized carbons (Fsp3) is 0.0435. The van der Waals surface area contributed by atoms with E-state index in [9.17, 15) is 0 Å². The van der Waals surface area contributed by atoms with Crippen molar-refractivity contribution in [2.45, 2.75) is 12.8 Å². The molecule has 0 radical (unpaired) electrons. The topological polar surface area (TPSA) is 25.8 Å². The quantitative estimate of drug-likeness (QED) is 0.181. The molecule has 2 heteroatoms. The normalized spacial score (nSPS) is 12.9. The van der Waals surface area contributed by atoms with Crippen LogP contribution < -0.4 is 0 Å². The van der Waals surface area contributed by atoms with Crippen LogP contribution in [0.2, 0.25) is 0 Å². The van der Waals surface area contributed by atoms with E-state index >= 15 is 0 Å². The lowest BCUT2D eigenvalue weighted by Gasteiger charge is -2.17. The summed E-state index contributed by atoms with van der Waals surface area (Å²) in [4.78, 5) is 10.6. The Morgan fingerprint density at radius 3 is 1.67 bits per heavy atom. The number of fused-ring (bicyclic) bond motifs is 6. The molecule has 0 aliphatic heterocycles. The van der Waals surface area contributed by atoms with Crippen molar-refractivity contribution in [2.24, 2.45) is 0 Å². The molecule has 2 nitrogen and oxygen atoms in total. The Balaban J connectivity index is 1.29. The zero-order valence-electron chi connectivity index (χ0n) is 26.5. The maximum Gasteiger partial charge on any atom is 0.161 e. The van der Waals surface area contributed by atoms with E-state index in [4.69, 9.17) is 9.97 Å². The van der Waals surface area contributed by atoms with E-state index in [2.05, 4.69) is 164 Å². The van der Waals surface area contributed by atoms with Crippen molar-refractivity contribution in [3.8, 4) is 45.0 Å². The molecule has 1 heterocycles. The van der Waals surface area contributed by atoms with Crippen LogP contribution in [0.4, 0.5) is 0 Å². The van der Waals surface area contributed by atoms with Crippen molar-refractivity contribution in [3.05, 3.63) is 175 Å². The van der Waals surface area contributed by atoms with Crippen molar-refractivity contribution in [1.82, 2.24) is 9.97 Å². The number of allylic oxidation sites excluding steroid dienone is 4. The standard InChI is InChI=1S/C46H32N2/c1-3-15-31(16-4-1)33-19-13-20-34(29-33)44-30-43(32-17-5-2-6-18-32)47-46(48-44)42-26-12-10-24-38(42)41-28-14-27-40-37-22-8-7-21-35(37)36-23-9-11-25-39(36)45(40)41/h2-3,5-30H,1,4H2. The van der Waals surface area contributed by atoms with E-state index in [1.54, 1.807) is 0 Å². The number of rotatable bonds is 5. The van der Waals surface area contributed by atoms with Gasteiger partial charge in [-0.05, 0) is 79.6 Å². The molecule has 0 bridgehead atoms. The molecule has 1 aliphatic carbocycles. The lowest BCUT2D eigenvalue weighted by atomic mass is 9.88. The minimum atomic E-state index is 0.714. The Bertz CT molecular complexity index is 2510. The summed E-state index contributed by atoms with van der Waals surface area (Å²) < 4.78 is 0. The van der Waals surface area contributed by atoms with Crippen LogP contribution in [0, 0.1) is 0 Å². The Kier molecular flexibility index (Phi) is 6.98. The number of hydrogen-bond donors (Lipinski definition) is 0. The van der Waals surface area contributed by atoms with Gasteiger partial charge in [0.05, 0.1) is 11.4 Å². The molecule has 0 fully saturated rings. The zero-order chi connectivity index (χ0) is 31.9. The summed E-state index contributed by atoms with van der Waals surface area (Å²) >= 11 is 0. The summed E-state index contributed by atoms with van der Waals surface area (Å²) in [5, 5.41) is 7.55. The van der Waals surface area contributed by atoms with Crippen molar-refractivity contribution < 1.29 is 0 Å². The summed E-state index contributed by atoms with van der Waals surface area (Å²) in [6.07, 6.45) is 8.99. The van der Waals surface area contributed by atoms with Crippen LogP contribution in [0.1, 0.15) is 18.4 Å². The van der Waals surface area contributed by atoms with Crippen molar-refractivity contribution in [2.75, 3.05) is 0 Å². The van der Waals surface area contributed by atoms with E-state index in [1.165, 1.54) is 49.0 Å². The molecule has 1 aromatic heterocycles. The number of benzene rings is 7. The second kappa shape index (κ2) is 11.9. The summed E-state index contributed by atoms with van der Waals surface area (Å²) in [6.45, 7) is 0. The number of nitrogens with zero attached hydrogens (tertiary/aromatic N) is 2. The summed E-state index contributed by atoms with van der Waals surface area (Å²) in [7, 11) is 0. The van der Waals surface area contributed by atoms with Gasteiger partial charge in [0.25, 0.3) is 0 Å². The molecule has 0 saturated carbocycles. The molecule has 0 atom stereocenters. The SMILES string of the molecule is C1=CC(c2cccc(-c3cc(-c4ccccc4)nc(-c4ccccc4-c4cccc5c6ccccc6c6ccccc6c45)n3)c2)=CCC1. The van der Waals surface area contributed by atoms with Gasteiger partial charge < -0.3 is 0 Å². The maximum absolute atomic E-state index is 5.32. The van der Waals surface area contributed by atoms with Gasteiger partial charge >= 0.3 is 0 Å². The second-order valence-corrected chi connectivity index (χ2v) is 12.4. The summed E-state index contributed by atoms with van der Waals surface area (Å²) in [6, 6.07) is 54.1. The minimum absolute atomic E-state index is 0.714. The zero-order valence-corrected chi connectivity index (χ0v) is 26.5. The maximum atomic E-state index is 5.32. The van der Waals surface area contributed by atoms with Gasteiger partial charge in [0, 0.05) is 16.7 Å². The highest BCUT2D eigenvalue weighted by molar-refractivity contribution is 6.28. The largest absolute Gasteiger partial charge is 0.228 e. The van der Waals surface area contributed by atoms with Crippen molar-refractivity contribution in [1.29, 1.82) is 0 Å². The van der Waals surface area contributed by atoms with Crippen LogP contribution >= 0.6 is 0 Å². The third-order valence-electron chi connectivity index (χ3n) is 9.51. The molecule has 48 heavy (non-hydrogen) atoms. The monoisotopic (exact) mass is 612 g/mol. The predicted molar refractivity (Wildman–Crippen MR) is 203 cm³/mol. The summed E-state index contributed by atoms with van der Waals surface area (Å²) in [5.41, 5.74) is 9.73. The first kappa shape index (κ1) is 28.1. The third kappa shape index (κ3) is 4.90. The van der Waals surface area contributed by atoms with Crippen LogP contribution in [0.5, 0.6) is 0 Å². The molecule has 9 rings (SSSR count). The molecule has 8 aromatic rings. The molecule has 0 unspecified atom stereocenters. The van der Waals surface area contributed by atoms with Gasteiger partial charge in [0.2, 0.25) is 0 Å². The van der Waals surface area contributed by atoms with Crippen LogP contribution in [-0.2, 0) is 0 Å². The van der Waals surface area contributed by atoms with E-state index in [0.29, 0.717) is 5.82 Å². The first-order valence-corrected chi connectivity index (χ1v) is 16.7. The average Bonchev–Trinajstić information content (AvgIpc) is 3.18. The molecule has 0 saturated heterocycles. The Hall–Kier alpha value is -6.12. The van der Waals surface area contributed by atoms with Crippen LogP contribution in [0.25, 0.3) is 82.9 Å². The Morgan fingerprint density at radius 1 is 0.396 bits per heavy atom. The predicted octanol–water partition coefficient (Wildman–Crippen LogP) is 12.3. The third-order valence-corrected chi connectivity index (χ3v) is 9.51. The van der Waals surface area contributed by atoms with Crippen LogP contribution in [0.3, 0.4) is 0 Å². The van der Waals surface area contributed by atoms with Gasteiger partial charge in [0.1, 0.15) is 0 Å². The van der Waals surface area contributed by atoms with Crippen molar-refractivity contribution in [3.63, 3.8) is 0 Å². The van der Waals surface area contributed by atoms with Gasteiger partial charge in [-0.15, -0.1) is 0 Å². The highest BCUT2D eigenvalue weighted by atomic mass is 14.9. The van der Waals surface area contributed by atoms with E-state index < -0.39 is 0 Å². The van der Waals surface area contributed by atoms with Gasteiger partial charge in [-0.3, -0.25) is 0 Å². The minimum Gasteiger partial charge on any atom is -0.228 e. The van der Waals surface area contributed by atoms with Crippen molar-refractivity contribution >= 4 is 37.9 Å². The molecule has 226 valence electrons. The highest BCUT2D eigenvalue weighted by Gasteiger charge is 2.18. The van der Waals surface area contributed by atoms with Gasteiger partial charge in [-0.2, -0.15) is 0 Å². The van der Waals surface area contributed by atoms with Crippen LogP contribution in [-0.4, -0.2) is 9.97 Å². The second-order valence-electron chi connectivity index (χ2n) is 12.4. The van der Waals surface area contributed by atoms with E-state index in [1.807, 2.05) is 6.07 Å². The first-order chi connectivity index (χ1) is 23.8. The number of hydrogen-bond acceptors (Lipinski definition) is 2. The molecule has 0 amide bonds. The first-order valence-electron chi connectivity index (χ1n) is 16.7.